The summed E-state index contributed by atoms with van der Waals surface area (Å²) in [6.45, 7) is 3.06. The van der Waals surface area contributed by atoms with Crippen LogP contribution in [0.25, 0.3) is 0 Å². The maximum absolute atomic E-state index is 12.7. The second-order valence-electron chi connectivity index (χ2n) is 5.17. The molecule has 1 unspecified atom stereocenters. The van der Waals surface area contributed by atoms with Gasteiger partial charge in [0, 0.05) is 16.7 Å². The fraction of sp³-hybridized carbons (Fsp3) is 0.462. The van der Waals surface area contributed by atoms with Gasteiger partial charge in [0.2, 0.25) is 5.91 Å². The van der Waals surface area contributed by atoms with Crippen molar-refractivity contribution >= 4 is 27.5 Å². The van der Waals surface area contributed by atoms with Crippen molar-refractivity contribution in [1.29, 1.82) is 0 Å². The van der Waals surface area contributed by atoms with E-state index in [1.54, 1.807) is 6.92 Å². The first-order valence-electron chi connectivity index (χ1n) is 6.11. The molecule has 0 saturated carbocycles. The van der Waals surface area contributed by atoms with E-state index in [9.17, 15) is 18.0 Å². The summed E-state index contributed by atoms with van der Waals surface area (Å²) in [5, 5.41) is 5.65. The van der Waals surface area contributed by atoms with Crippen molar-refractivity contribution in [2.45, 2.75) is 19.5 Å². The highest BCUT2D eigenvalue weighted by Gasteiger charge is 2.37. The molecule has 7 heteroatoms. The molecule has 1 aromatic rings. The zero-order valence-electron chi connectivity index (χ0n) is 10.8. The maximum Gasteiger partial charge on any atom is 0.416 e. The van der Waals surface area contributed by atoms with Crippen molar-refractivity contribution in [2.75, 3.05) is 18.4 Å². The number of alkyl halides is 3. The molecule has 1 atom stereocenters. The number of hydrogen-bond acceptors (Lipinski definition) is 2. The monoisotopic (exact) mass is 350 g/mol. The highest BCUT2D eigenvalue weighted by Crippen LogP contribution is 2.34. The maximum atomic E-state index is 12.7. The van der Waals surface area contributed by atoms with E-state index < -0.39 is 17.2 Å². The third-order valence-corrected chi connectivity index (χ3v) is 3.86. The van der Waals surface area contributed by atoms with Crippen molar-refractivity contribution in [1.82, 2.24) is 5.32 Å². The molecule has 2 N–H and O–H groups in total. The number of nitrogens with one attached hydrogen (secondary N) is 2. The van der Waals surface area contributed by atoms with Gasteiger partial charge in [-0.15, -0.1) is 0 Å². The molecular formula is C13H14BrF3N2O. The quantitative estimate of drug-likeness (QED) is 0.858. The molecule has 1 aliphatic rings. The van der Waals surface area contributed by atoms with E-state index in [4.69, 9.17) is 0 Å². The topological polar surface area (TPSA) is 41.1 Å². The lowest BCUT2D eigenvalue weighted by Crippen LogP contribution is -2.35. The summed E-state index contributed by atoms with van der Waals surface area (Å²) in [6.07, 6.45) is -3.78. The molecule has 0 aromatic heterocycles. The highest BCUT2D eigenvalue weighted by atomic mass is 79.9. The molecule has 0 spiro atoms. The fourth-order valence-corrected chi connectivity index (χ4v) is 2.61. The Balaban J connectivity index is 2.21. The second-order valence-corrected chi connectivity index (χ2v) is 6.08. The Morgan fingerprint density at radius 2 is 2.10 bits per heavy atom. The van der Waals surface area contributed by atoms with Crippen LogP contribution in [0.1, 0.15) is 18.9 Å². The zero-order chi connectivity index (χ0) is 15.0. The first-order valence-corrected chi connectivity index (χ1v) is 6.90. The van der Waals surface area contributed by atoms with E-state index >= 15 is 0 Å². The van der Waals surface area contributed by atoms with Crippen LogP contribution in [0.5, 0.6) is 0 Å². The standard InChI is InChI=1S/C13H14BrF3N2O/c1-12(2-3-18-7-12)11(20)19-10-5-8(13(15,16)17)4-9(14)6-10/h4-6,18H,2-3,7H2,1H3,(H,19,20). The Morgan fingerprint density at radius 3 is 2.65 bits per heavy atom. The van der Waals surface area contributed by atoms with Gasteiger partial charge in [0.05, 0.1) is 11.0 Å². The Morgan fingerprint density at radius 1 is 1.40 bits per heavy atom. The molecule has 1 aliphatic heterocycles. The number of amides is 1. The van der Waals surface area contributed by atoms with Crippen LogP contribution in [0, 0.1) is 5.41 Å². The third-order valence-electron chi connectivity index (χ3n) is 3.40. The molecule has 0 aliphatic carbocycles. The van der Waals surface area contributed by atoms with E-state index in [1.165, 1.54) is 6.07 Å². The Labute approximate surface area is 123 Å². The molecule has 1 amide bonds. The van der Waals surface area contributed by atoms with Gasteiger partial charge in [-0.1, -0.05) is 15.9 Å². The molecule has 1 saturated heterocycles. The van der Waals surface area contributed by atoms with Crippen LogP contribution >= 0.6 is 15.9 Å². The van der Waals surface area contributed by atoms with Gasteiger partial charge in [-0.25, -0.2) is 0 Å². The number of hydrogen-bond donors (Lipinski definition) is 2. The summed E-state index contributed by atoms with van der Waals surface area (Å²) in [4.78, 5) is 12.2. The molecular weight excluding hydrogens is 337 g/mol. The molecule has 0 bridgehead atoms. The Bertz CT molecular complexity index is 525. The average Bonchev–Trinajstić information content (AvgIpc) is 2.75. The van der Waals surface area contributed by atoms with Gasteiger partial charge in [0.15, 0.2) is 0 Å². The number of rotatable bonds is 2. The van der Waals surface area contributed by atoms with Gasteiger partial charge in [-0.05, 0) is 38.1 Å². The summed E-state index contributed by atoms with van der Waals surface area (Å²) < 4.78 is 38.4. The first kappa shape index (κ1) is 15.3. The minimum atomic E-state index is -4.44. The molecule has 1 heterocycles. The number of carbonyl (C=O) groups excluding carboxylic acids is 1. The minimum Gasteiger partial charge on any atom is -0.326 e. The molecule has 0 radical (unpaired) electrons. The van der Waals surface area contributed by atoms with Crippen LogP contribution in [0.4, 0.5) is 18.9 Å². The largest absolute Gasteiger partial charge is 0.416 e. The van der Waals surface area contributed by atoms with Crippen LogP contribution in [0.2, 0.25) is 0 Å². The van der Waals surface area contributed by atoms with Crippen molar-refractivity contribution in [3.8, 4) is 0 Å². The van der Waals surface area contributed by atoms with Crippen LogP contribution in [0.3, 0.4) is 0 Å². The Hall–Kier alpha value is -1.08. The molecule has 1 aromatic carbocycles. The van der Waals surface area contributed by atoms with Crippen molar-refractivity contribution in [2.24, 2.45) is 5.41 Å². The first-order chi connectivity index (χ1) is 9.21. The lowest BCUT2D eigenvalue weighted by molar-refractivity contribution is -0.137. The second kappa shape index (κ2) is 5.37. The molecule has 3 nitrogen and oxygen atoms in total. The summed E-state index contributed by atoms with van der Waals surface area (Å²) >= 11 is 3.03. The van der Waals surface area contributed by atoms with Crippen molar-refractivity contribution in [3.63, 3.8) is 0 Å². The zero-order valence-corrected chi connectivity index (χ0v) is 12.4. The lowest BCUT2D eigenvalue weighted by Gasteiger charge is -2.22. The van der Waals surface area contributed by atoms with Gasteiger partial charge in [0.25, 0.3) is 0 Å². The predicted octanol–water partition coefficient (Wildman–Crippen LogP) is 3.41. The smallest absolute Gasteiger partial charge is 0.326 e. The number of carbonyl (C=O) groups is 1. The molecule has 1 fully saturated rings. The predicted molar refractivity (Wildman–Crippen MR) is 73.4 cm³/mol. The summed E-state index contributed by atoms with van der Waals surface area (Å²) in [6, 6.07) is 3.38. The van der Waals surface area contributed by atoms with Gasteiger partial charge in [-0.3, -0.25) is 4.79 Å². The van der Waals surface area contributed by atoms with Crippen molar-refractivity contribution in [3.05, 3.63) is 28.2 Å². The van der Waals surface area contributed by atoms with Gasteiger partial charge in [-0.2, -0.15) is 13.2 Å². The van der Waals surface area contributed by atoms with Crippen LogP contribution < -0.4 is 10.6 Å². The normalized spacial score (nSPS) is 22.9. The summed E-state index contributed by atoms with van der Waals surface area (Å²) in [5.41, 5.74) is -1.23. The lowest BCUT2D eigenvalue weighted by atomic mass is 9.88. The van der Waals surface area contributed by atoms with Crippen LogP contribution in [0.15, 0.2) is 22.7 Å². The van der Waals surface area contributed by atoms with E-state index in [-0.39, 0.29) is 16.1 Å². The van der Waals surface area contributed by atoms with Crippen LogP contribution in [-0.2, 0) is 11.0 Å². The Kier molecular flexibility index (Phi) is 4.11. The van der Waals surface area contributed by atoms with Crippen molar-refractivity contribution < 1.29 is 18.0 Å². The average molecular weight is 351 g/mol. The molecule has 2 rings (SSSR count). The van der Waals surface area contributed by atoms with E-state index in [1.807, 2.05) is 0 Å². The number of anilines is 1. The summed E-state index contributed by atoms with van der Waals surface area (Å²) in [7, 11) is 0. The SMILES string of the molecule is CC1(C(=O)Nc2cc(Br)cc(C(F)(F)F)c2)CCNC1. The van der Waals surface area contributed by atoms with Gasteiger partial charge < -0.3 is 10.6 Å². The fourth-order valence-electron chi connectivity index (χ4n) is 2.12. The summed E-state index contributed by atoms with van der Waals surface area (Å²) in [5.74, 6) is -0.270. The van der Waals surface area contributed by atoms with E-state index in [0.29, 0.717) is 13.0 Å². The van der Waals surface area contributed by atoms with Crippen LogP contribution in [-0.4, -0.2) is 19.0 Å². The molecule has 20 heavy (non-hydrogen) atoms. The van der Waals surface area contributed by atoms with Gasteiger partial charge in [0.1, 0.15) is 0 Å². The van der Waals surface area contributed by atoms with Gasteiger partial charge >= 0.3 is 6.18 Å². The third kappa shape index (κ3) is 3.32. The van der Waals surface area contributed by atoms with E-state index in [2.05, 4.69) is 26.6 Å². The number of benzene rings is 1. The highest BCUT2D eigenvalue weighted by molar-refractivity contribution is 9.10. The minimum absolute atomic E-state index is 0.143. The molecule has 110 valence electrons. The number of halogens is 4. The van der Waals surface area contributed by atoms with E-state index in [0.717, 1.165) is 18.7 Å².